The first kappa shape index (κ1) is 15.5. The number of primary sulfonamides is 1. The lowest BCUT2D eigenvalue weighted by atomic mass is 10.2. The van der Waals surface area contributed by atoms with Crippen molar-refractivity contribution < 1.29 is 13.2 Å². The SMILES string of the molecule is COc1cccc(CNCc2cccc(S(N)(=O)=O)c2)c1. The molecule has 0 aliphatic heterocycles. The molecule has 21 heavy (non-hydrogen) atoms. The third kappa shape index (κ3) is 4.56. The van der Waals surface area contributed by atoms with E-state index in [0.717, 1.165) is 16.9 Å². The van der Waals surface area contributed by atoms with E-state index in [2.05, 4.69) is 5.32 Å². The van der Waals surface area contributed by atoms with Crippen molar-refractivity contribution in [2.45, 2.75) is 18.0 Å². The normalized spacial score (nSPS) is 11.3. The molecule has 0 aliphatic carbocycles. The smallest absolute Gasteiger partial charge is 0.238 e. The zero-order chi connectivity index (χ0) is 15.3. The van der Waals surface area contributed by atoms with Gasteiger partial charge in [-0.25, -0.2) is 13.6 Å². The van der Waals surface area contributed by atoms with E-state index in [9.17, 15) is 8.42 Å². The van der Waals surface area contributed by atoms with Crippen molar-refractivity contribution in [1.29, 1.82) is 0 Å². The Hall–Kier alpha value is -1.89. The number of methoxy groups -OCH3 is 1. The number of benzene rings is 2. The second-order valence-corrected chi connectivity index (χ2v) is 6.21. The fourth-order valence-electron chi connectivity index (χ4n) is 1.97. The second-order valence-electron chi connectivity index (χ2n) is 4.65. The summed E-state index contributed by atoms with van der Waals surface area (Å²) in [7, 11) is -2.03. The highest BCUT2D eigenvalue weighted by Crippen LogP contribution is 2.13. The Morgan fingerprint density at radius 2 is 1.67 bits per heavy atom. The van der Waals surface area contributed by atoms with Crippen LogP contribution in [0, 0.1) is 0 Å². The Morgan fingerprint density at radius 3 is 2.29 bits per heavy atom. The monoisotopic (exact) mass is 306 g/mol. The summed E-state index contributed by atoms with van der Waals surface area (Å²) in [5.41, 5.74) is 1.96. The molecule has 5 nitrogen and oxygen atoms in total. The molecule has 2 aromatic carbocycles. The molecular formula is C15H18N2O3S. The highest BCUT2D eigenvalue weighted by Gasteiger charge is 2.07. The predicted octanol–water partition coefficient (Wildman–Crippen LogP) is 1.63. The molecule has 112 valence electrons. The average molecular weight is 306 g/mol. The highest BCUT2D eigenvalue weighted by molar-refractivity contribution is 7.89. The standard InChI is InChI=1S/C15H18N2O3S/c1-20-14-6-2-4-12(8-14)10-17-11-13-5-3-7-15(9-13)21(16,18)19/h2-9,17H,10-11H2,1H3,(H2,16,18,19). The molecule has 6 heteroatoms. The minimum atomic E-state index is -3.66. The van der Waals surface area contributed by atoms with Crippen LogP contribution in [0.5, 0.6) is 5.75 Å². The minimum absolute atomic E-state index is 0.128. The van der Waals surface area contributed by atoms with Crippen LogP contribution in [0.4, 0.5) is 0 Å². The fourth-order valence-corrected chi connectivity index (χ4v) is 2.55. The van der Waals surface area contributed by atoms with E-state index in [1.54, 1.807) is 19.2 Å². The lowest BCUT2D eigenvalue weighted by Gasteiger charge is -2.08. The van der Waals surface area contributed by atoms with Gasteiger partial charge >= 0.3 is 0 Å². The first-order chi connectivity index (χ1) is 9.99. The molecule has 0 saturated heterocycles. The first-order valence-electron chi connectivity index (χ1n) is 6.44. The van der Waals surface area contributed by atoms with E-state index < -0.39 is 10.0 Å². The molecule has 0 aromatic heterocycles. The third-order valence-corrected chi connectivity index (χ3v) is 3.93. The van der Waals surface area contributed by atoms with Crippen LogP contribution in [0.1, 0.15) is 11.1 Å². The molecule has 3 N–H and O–H groups in total. The first-order valence-corrected chi connectivity index (χ1v) is 7.99. The fraction of sp³-hybridized carbons (Fsp3) is 0.200. The van der Waals surface area contributed by atoms with Gasteiger partial charge in [0.1, 0.15) is 5.75 Å². The molecule has 0 heterocycles. The molecule has 0 aliphatic rings. The molecule has 0 atom stereocenters. The van der Waals surface area contributed by atoms with Crippen molar-refractivity contribution >= 4 is 10.0 Å². The minimum Gasteiger partial charge on any atom is -0.497 e. The van der Waals surface area contributed by atoms with Crippen LogP contribution in [0.25, 0.3) is 0 Å². The van der Waals surface area contributed by atoms with Gasteiger partial charge in [0.15, 0.2) is 0 Å². The van der Waals surface area contributed by atoms with E-state index in [1.807, 2.05) is 30.3 Å². The van der Waals surface area contributed by atoms with E-state index in [-0.39, 0.29) is 4.90 Å². The lowest BCUT2D eigenvalue weighted by Crippen LogP contribution is -2.15. The van der Waals surface area contributed by atoms with Gasteiger partial charge in [-0.2, -0.15) is 0 Å². The maximum absolute atomic E-state index is 11.3. The molecule has 0 unspecified atom stereocenters. The van der Waals surface area contributed by atoms with Crippen molar-refractivity contribution in [2.75, 3.05) is 7.11 Å². The van der Waals surface area contributed by atoms with Crippen LogP contribution in [-0.4, -0.2) is 15.5 Å². The van der Waals surface area contributed by atoms with E-state index in [0.29, 0.717) is 13.1 Å². The Labute approximate surface area is 124 Å². The van der Waals surface area contributed by atoms with Gasteiger partial charge in [0.25, 0.3) is 0 Å². The van der Waals surface area contributed by atoms with Crippen LogP contribution in [0.15, 0.2) is 53.4 Å². The van der Waals surface area contributed by atoms with E-state index in [4.69, 9.17) is 9.88 Å². The number of nitrogens with two attached hydrogens (primary N) is 1. The Bertz CT molecular complexity index is 714. The second kappa shape index (κ2) is 6.71. The summed E-state index contributed by atoms with van der Waals surface area (Å²) in [4.78, 5) is 0.128. The van der Waals surface area contributed by atoms with Gasteiger partial charge in [-0.1, -0.05) is 24.3 Å². The van der Waals surface area contributed by atoms with Crippen LogP contribution >= 0.6 is 0 Å². The van der Waals surface area contributed by atoms with Crippen molar-refractivity contribution in [2.24, 2.45) is 5.14 Å². The maximum Gasteiger partial charge on any atom is 0.238 e. The third-order valence-electron chi connectivity index (χ3n) is 3.02. The molecule has 0 radical (unpaired) electrons. The summed E-state index contributed by atoms with van der Waals surface area (Å²) < 4.78 is 27.8. The van der Waals surface area contributed by atoms with Gasteiger partial charge in [0.05, 0.1) is 12.0 Å². The molecule has 0 bridgehead atoms. The summed E-state index contributed by atoms with van der Waals surface area (Å²) in [5.74, 6) is 0.811. The maximum atomic E-state index is 11.3. The largest absolute Gasteiger partial charge is 0.497 e. The van der Waals surface area contributed by atoms with E-state index in [1.165, 1.54) is 6.07 Å². The number of nitrogens with one attached hydrogen (secondary N) is 1. The quantitative estimate of drug-likeness (QED) is 0.850. The van der Waals surface area contributed by atoms with Crippen molar-refractivity contribution in [3.8, 4) is 5.75 Å². The Balaban J connectivity index is 1.97. The Morgan fingerprint density at radius 1 is 1.05 bits per heavy atom. The zero-order valence-corrected chi connectivity index (χ0v) is 12.6. The molecule has 2 aromatic rings. The Kier molecular flexibility index (Phi) is 4.95. The summed E-state index contributed by atoms with van der Waals surface area (Å²) in [6.45, 7) is 1.22. The lowest BCUT2D eigenvalue weighted by molar-refractivity contribution is 0.414. The number of hydrogen-bond acceptors (Lipinski definition) is 4. The molecular weight excluding hydrogens is 288 g/mol. The van der Waals surface area contributed by atoms with Crippen LogP contribution in [0.3, 0.4) is 0 Å². The van der Waals surface area contributed by atoms with Crippen LogP contribution < -0.4 is 15.2 Å². The topological polar surface area (TPSA) is 81.4 Å². The van der Waals surface area contributed by atoms with Gasteiger partial charge in [0.2, 0.25) is 10.0 Å². The molecule has 0 amide bonds. The number of hydrogen-bond donors (Lipinski definition) is 2. The summed E-state index contributed by atoms with van der Waals surface area (Å²) >= 11 is 0. The van der Waals surface area contributed by atoms with Crippen molar-refractivity contribution in [1.82, 2.24) is 5.32 Å². The van der Waals surface area contributed by atoms with Crippen molar-refractivity contribution in [3.63, 3.8) is 0 Å². The summed E-state index contributed by atoms with van der Waals surface area (Å²) in [6, 6.07) is 14.4. The molecule has 0 saturated carbocycles. The zero-order valence-electron chi connectivity index (χ0n) is 11.7. The number of ether oxygens (including phenoxy) is 1. The predicted molar refractivity (Wildman–Crippen MR) is 81.4 cm³/mol. The summed E-state index contributed by atoms with van der Waals surface area (Å²) in [6.07, 6.45) is 0. The average Bonchev–Trinajstić information content (AvgIpc) is 2.47. The molecule has 0 fully saturated rings. The molecule has 2 rings (SSSR count). The van der Waals surface area contributed by atoms with Crippen LogP contribution in [0.2, 0.25) is 0 Å². The number of sulfonamides is 1. The van der Waals surface area contributed by atoms with Gasteiger partial charge in [0, 0.05) is 13.1 Å². The van der Waals surface area contributed by atoms with Gasteiger partial charge in [-0.15, -0.1) is 0 Å². The molecule has 0 spiro atoms. The van der Waals surface area contributed by atoms with Crippen LogP contribution in [-0.2, 0) is 23.1 Å². The number of rotatable bonds is 6. The van der Waals surface area contributed by atoms with Crippen molar-refractivity contribution in [3.05, 3.63) is 59.7 Å². The van der Waals surface area contributed by atoms with Gasteiger partial charge < -0.3 is 10.1 Å². The van der Waals surface area contributed by atoms with Gasteiger partial charge in [-0.3, -0.25) is 0 Å². The highest BCUT2D eigenvalue weighted by atomic mass is 32.2. The summed E-state index contributed by atoms with van der Waals surface area (Å²) in [5, 5.41) is 8.37. The van der Waals surface area contributed by atoms with E-state index >= 15 is 0 Å². The van der Waals surface area contributed by atoms with Gasteiger partial charge in [-0.05, 0) is 35.4 Å².